The van der Waals surface area contributed by atoms with Crippen molar-refractivity contribution in [3.8, 4) is 0 Å². The number of hydrogen-bond acceptors (Lipinski definition) is 3. The molecule has 0 spiro atoms. The minimum atomic E-state index is -1.41. The summed E-state index contributed by atoms with van der Waals surface area (Å²) in [5.41, 5.74) is -0.595. The quantitative estimate of drug-likeness (QED) is 0.384. The second-order valence-corrected chi connectivity index (χ2v) is 5.23. The van der Waals surface area contributed by atoms with Crippen LogP contribution in [-0.2, 0) is 14.3 Å². The van der Waals surface area contributed by atoms with Crippen LogP contribution >= 0.6 is 11.6 Å². The van der Waals surface area contributed by atoms with Crippen LogP contribution in [0.25, 0.3) is 0 Å². The summed E-state index contributed by atoms with van der Waals surface area (Å²) in [4.78, 5) is 21.6. The van der Waals surface area contributed by atoms with Crippen LogP contribution in [0.3, 0.4) is 0 Å². The van der Waals surface area contributed by atoms with Crippen molar-refractivity contribution in [1.82, 2.24) is 0 Å². The highest BCUT2D eigenvalue weighted by Crippen LogP contribution is 2.34. The van der Waals surface area contributed by atoms with Crippen LogP contribution < -0.4 is 0 Å². The molecule has 1 atom stereocenters. The third-order valence-electron chi connectivity index (χ3n) is 2.09. The fourth-order valence-corrected chi connectivity index (χ4v) is 1.67. The van der Waals surface area contributed by atoms with Gasteiger partial charge in [-0.05, 0) is 33.6 Å². The molecule has 1 fully saturated rings. The third-order valence-corrected chi connectivity index (χ3v) is 2.64. The van der Waals surface area contributed by atoms with E-state index in [2.05, 4.69) is 0 Å². The van der Waals surface area contributed by atoms with E-state index in [1.807, 2.05) is 0 Å². The molecule has 1 aliphatic rings. The Morgan fingerprint density at radius 1 is 1.50 bits per heavy atom. The van der Waals surface area contributed by atoms with Gasteiger partial charge in [0.2, 0.25) is 0 Å². The van der Waals surface area contributed by atoms with E-state index in [9.17, 15) is 9.59 Å². The largest absolute Gasteiger partial charge is 0.458 e. The van der Waals surface area contributed by atoms with Gasteiger partial charge in [-0.3, -0.25) is 4.79 Å². The first kappa shape index (κ1) is 11.5. The topological polar surface area (TPSA) is 43.4 Å². The summed E-state index contributed by atoms with van der Waals surface area (Å²) in [6, 6.07) is 0. The standard InChI is InChI=1S/C10H15ClO3/c1-9(2,3)14-8(13)10(11)6-4-5-7(10)12/h4-6H2,1-3H3. The number of ketones is 1. The van der Waals surface area contributed by atoms with Crippen LogP contribution in [0.2, 0.25) is 0 Å². The third kappa shape index (κ3) is 2.27. The molecule has 1 saturated carbocycles. The lowest BCUT2D eigenvalue weighted by molar-refractivity contribution is -0.159. The number of halogens is 1. The molecule has 1 unspecified atom stereocenters. The van der Waals surface area contributed by atoms with Gasteiger partial charge in [-0.15, -0.1) is 0 Å². The number of Topliss-reactive ketones (excluding diaryl/α,β-unsaturated/α-hetero) is 1. The Kier molecular flexibility index (Phi) is 2.91. The number of ether oxygens (including phenoxy) is 1. The van der Waals surface area contributed by atoms with Crippen molar-refractivity contribution >= 4 is 23.4 Å². The number of esters is 1. The van der Waals surface area contributed by atoms with E-state index in [1.54, 1.807) is 20.8 Å². The summed E-state index contributed by atoms with van der Waals surface area (Å²) >= 11 is 5.95. The Hall–Kier alpha value is -0.570. The highest BCUT2D eigenvalue weighted by Gasteiger charge is 2.49. The van der Waals surface area contributed by atoms with Crippen molar-refractivity contribution in [2.75, 3.05) is 0 Å². The second kappa shape index (κ2) is 3.54. The highest BCUT2D eigenvalue weighted by atomic mass is 35.5. The maximum atomic E-state index is 11.6. The molecule has 0 saturated heterocycles. The number of alkyl halides is 1. The van der Waals surface area contributed by atoms with E-state index in [0.717, 1.165) is 0 Å². The van der Waals surface area contributed by atoms with Gasteiger partial charge in [-0.2, -0.15) is 0 Å². The van der Waals surface area contributed by atoms with Gasteiger partial charge in [-0.25, -0.2) is 4.79 Å². The van der Waals surface area contributed by atoms with Crippen molar-refractivity contribution in [3.05, 3.63) is 0 Å². The summed E-state index contributed by atoms with van der Waals surface area (Å²) in [6.45, 7) is 5.26. The number of hydrogen-bond donors (Lipinski definition) is 0. The Bertz CT molecular complexity index is 267. The van der Waals surface area contributed by atoms with Crippen LogP contribution in [-0.4, -0.2) is 22.2 Å². The molecule has 0 heterocycles. The predicted octanol–water partition coefficient (Wildman–Crippen LogP) is 2.06. The molecule has 0 aromatic carbocycles. The Balaban J connectivity index is 2.74. The Morgan fingerprint density at radius 3 is 2.43 bits per heavy atom. The molecule has 4 heteroatoms. The molecule has 3 nitrogen and oxygen atoms in total. The SMILES string of the molecule is CC(C)(C)OC(=O)C1(Cl)CCCC1=O. The van der Waals surface area contributed by atoms with E-state index in [0.29, 0.717) is 19.3 Å². The van der Waals surface area contributed by atoms with Gasteiger partial charge in [0.05, 0.1) is 0 Å². The maximum Gasteiger partial charge on any atom is 0.335 e. The molecular weight excluding hydrogens is 204 g/mol. The van der Waals surface area contributed by atoms with Crippen molar-refractivity contribution in [2.24, 2.45) is 0 Å². The van der Waals surface area contributed by atoms with Gasteiger partial charge in [0.25, 0.3) is 0 Å². The smallest absolute Gasteiger partial charge is 0.335 e. The van der Waals surface area contributed by atoms with E-state index in [4.69, 9.17) is 16.3 Å². The van der Waals surface area contributed by atoms with Gasteiger partial charge in [0.1, 0.15) is 5.60 Å². The van der Waals surface area contributed by atoms with E-state index < -0.39 is 16.4 Å². The first-order valence-electron chi connectivity index (χ1n) is 4.71. The van der Waals surface area contributed by atoms with E-state index in [-0.39, 0.29) is 5.78 Å². The molecule has 0 N–H and O–H groups in total. The van der Waals surface area contributed by atoms with Crippen molar-refractivity contribution in [1.29, 1.82) is 0 Å². The number of rotatable bonds is 1. The predicted molar refractivity (Wildman–Crippen MR) is 53.3 cm³/mol. The molecular formula is C10H15ClO3. The zero-order valence-corrected chi connectivity index (χ0v) is 9.48. The summed E-state index contributed by atoms with van der Waals surface area (Å²) in [5, 5.41) is 0. The van der Waals surface area contributed by atoms with Crippen molar-refractivity contribution < 1.29 is 14.3 Å². The van der Waals surface area contributed by atoms with E-state index in [1.165, 1.54) is 0 Å². The molecule has 0 aromatic rings. The van der Waals surface area contributed by atoms with Gasteiger partial charge in [0.15, 0.2) is 10.7 Å². The number of carbonyl (C=O) groups is 2. The van der Waals surface area contributed by atoms with Crippen LogP contribution in [0.15, 0.2) is 0 Å². The summed E-state index contributed by atoms with van der Waals surface area (Å²) in [6.07, 6.45) is 1.44. The molecule has 0 aliphatic heterocycles. The van der Waals surface area contributed by atoms with Crippen LogP contribution in [0.5, 0.6) is 0 Å². The number of carbonyl (C=O) groups excluding carboxylic acids is 2. The fraction of sp³-hybridized carbons (Fsp3) is 0.800. The molecule has 1 rings (SSSR count). The zero-order chi connectivity index (χ0) is 11.0. The van der Waals surface area contributed by atoms with Gasteiger partial charge < -0.3 is 4.74 Å². The summed E-state index contributed by atoms with van der Waals surface area (Å²) < 4.78 is 5.10. The summed E-state index contributed by atoms with van der Waals surface area (Å²) in [5.74, 6) is -0.817. The molecule has 1 aliphatic carbocycles. The molecule has 0 aromatic heterocycles. The molecule has 0 radical (unpaired) electrons. The second-order valence-electron chi connectivity index (χ2n) is 4.58. The fourth-order valence-electron chi connectivity index (χ4n) is 1.40. The average molecular weight is 219 g/mol. The minimum absolute atomic E-state index is 0.214. The molecule has 14 heavy (non-hydrogen) atoms. The van der Waals surface area contributed by atoms with Crippen molar-refractivity contribution in [2.45, 2.75) is 50.5 Å². The van der Waals surface area contributed by atoms with Crippen LogP contribution in [0.1, 0.15) is 40.0 Å². The Labute approximate surface area is 88.8 Å². The monoisotopic (exact) mass is 218 g/mol. The average Bonchev–Trinajstić information content (AvgIpc) is 2.30. The lowest BCUT2D eigenvalue weighted by Gasteiger charge is -2.25. The molecule has 80 valence electrons. The minimum Gasteiger partial charge on any atom is -0.458 e. The van der Waals surface area contributed by atoms with Gasteiger partial charge in [0, 0.05) is 6.42 Å². The lowest BCUT2D eigenvalue weighted by Crippen LogP contribution is -2.42. The van der Waals surface area contributed by atoms with Crippen LogP contribution in [0.4, 0.5) is 0 Å². The highest BCUT2D eigenvalue weighted by molar-refractivity contribution is 6.46. The Morgan fingerprint density at radius 2 is 2.07 bits per heavy atom. The van der Waals surface area contributed by atoms with Gasteiger partial charge >= 0.3 is 5.97 Å². The first-order valence-corrected chi connectivity index (χ1v) is 5.09. The normalized spacial score (nSPS) is 27.9. The van der Waals surface area contributed by atoms with Crippen molar-refractivity contribution in [3.63, 3.8) is 0 Å². The molecule has 0 bridgehead atoms. The van der Waals surface area contributed by atoms with Gasteiger partial charge in [-0.1, -0.05) is 11.6 Å². The lowest BCUT2D eigenvalue weighted by atomic mass is 10.1. The van der Waals surface area contributed by atoms with Crippen LogP contribution in [0, 0.1) is 0 Å². The first-order chi connectivity index (χ1) is 6.26. The van der Waals surface area contributed by atoms with E-state index >= 15 is 0 Å². The molecule has 0 amide bonds. The summed E-state index contributed by atoms with van der Waals surface area (Å²) in [7, 11) is 0. The maximum absolute atomic E-state index is 11.6. The zero-order valence-electron chi connectivity index (χ0n) is 8.72.